The summed E-state index contributed by atoms with van der Waals surface area (Å²) in [5, 5.41) is 0. The van der Waals surface area contributed by atoms with Gasteiger partial charge in [-0.15, -0.1) is 0 Å². The molecule has 112 valence electrons. The first-order valence-electron chi connectivity index (χ1n) is 7.75. The fourth-order valence-corrected chi connectivity index (χ4v) is 1.73. The van der Waals surface area contributed by atoms with Crippen molar-refractivity contribution in [3.63, 3.8) is 0 Å². The van der Waals surface area contributed by atoms with Gasteiger partial charge in [0.2, 0.25) is 0 Å². The summed E-state index contributed by atoms with van der Waals surface area (Å²) in [5.41, 5.74) is 0. The van der Waals surface area contributed by atoms with Gasteiger partial charge < -0.3 is 4.79 Å². The maximum absolute atomic E-state index is 11.3. The molecule has 0 aliphatic heterocycles. The first-order valence-corrected chi connectivity index (χ1v) is 7.75. The molecule has 0 aliphatic carbocycles. The molecule has 20 heavy (non-hydrogen) atoms. The summed E-state index contributed by atoms with van der Waals surface area (Å²) in [6.07, 6.45) is 21.4. The van der Waals surface area contributed by atoms with Gasteiger partial charge >= 0.3 is 0 Å². The number of hydrogen-bond donors (Lipinski definition) is 0. The minimum atomic E-state index is 0.207. The van der Waals surface area contributed by atoms with Gasteiger partial charge in [-0.1, -0.05) is 56.2 Å². The van der Waals surface area contributed by atoms with Gasteiger partial charge in [0.05, 0.1) is 0 Å². The maximum Gasteiger partial charge on any atom is 0.133 e. The zero-order valence-electron chi connectivity index (χ0n) is 12.7. The van der Waals surface area contributed by atoms with E-state index < -0.39 is 0 Å². The smallest absolute Gasteiger partial charge is 0.133 e. The molecular formula is C18H28O2. The summed E-state index contributed by atoms with van der Waals surface area (Å²) in [6.45, 7) is 2.20. The lowest BCUT2D eigenvalue weighted by Crippen LogP contribution is -1.97. The van der Waals surface area contributed by atoms with Crippen LogP contribution in [0.2, 0.25) is 0 Å². The molecule has 0 fully saturated rings. The number of allylic oxidation sites excluding steroid dienone is 6. The average molecular weight is 276 g/mol. The van der Waals surface area contributed by atoms with E-state index in [1.807, 2.05) is 6.08 Å². The van der Waals surface area contributed by atoms with Crippen LogP contribution in [0.4, 0.5) is 0 Å². The van der Waals surface area contributed by atoms with Gasteiger partial charge in [-0.05, 0) is 25.7 Å². The molecule has 2 nitrogen and oxygen atoms in total. The molecule has 0 radical (unpaired) electrons. The number of carbonyl (C=O) groups excluding carboxylic acids is 2. The number of Topliss-reactive ketones (excluding diaryl/α,β-unsaturated/α-hetero) is 1. The van der Waals surface area contributed by atoms with Crippen LogP contribution in [0.15, 0.2) is 36.5 Å². The number of ketones is 1. The highest BCUT2D eigenvalue weighted by atomic mass is 16.1. The van der Waals surface area contributed by atoms with Crippen molar-refractivity contribution in [1.29, 1.82) is 0 Å². The molecule has 0 aromatic rings. The topological polar surface area (TPSA) is 34.1 Å². The van der Waals surface area contributed by atoms with Gasteiger partial charge in [0.15, 0.2) is 0 Å². The van der Waals surface area contributed by atoms with E-state index in [0.717, 1.165) is 32.0 Å². The van der Waals surface area contributed by atoms with E-state index in [0.29, 0.717) is 19.3 Å². The Balaban J connectivity index is 3.43. The van der Waals surface area contributed by atoms with E-state index in [1.54, 1.807) is 0 Å². The number of unbranched alkanes of at least 4 members (excludes halogenated alkanes) is 4. The Labute approximate surface area is 123 Å². The molecule has 0 rings (SSSR count). The van der Waals surface area contributed by atoms with Gasteiger partial charge in [-0.25, -0.2) is 0 Å². The Morgan fingerprint density at radius 3 is 2.05 bits per heavy atom. The van der Waals surface area contributed by atoms with Crippen LogP contribution in [-0.2, 0) is 9.59 Å². The number of carbonyl (C=O) groups is 2. The normalized spacial score (nSPS) is 11.8. The molecule has 0 aliphatic rings. The number of rotatable bonds is 13. The van der Waals surface area contributed by atoms with Crippen LogP contribution >= 0.6 is 0 Å². The van der Waals surface area contributed by atoms with E-state index >= 15 is 0 Å². The second-order valence-electron chi connectivity index (χ2n) is 4.87. The van der Waals surface area contributed by atoms with Gasteiger partial charge in [-0.3, -0.25) is 4.79 Å². The summed E-state index contributed by atoms with van der Waals surface area (Å²) in [4.78, 5) is 21.4. The molecule has 2 heteroatoms. The molecule has 0 amide bonds. The monoisotopic (exact) mass is 276 g/mol. The lowest BCUT2D eigenvalue weighted by atomic mass is 10.1. The fourth-order valence-electron chi connectivity index (χ4n) is 1.73. The van der Waals surface area contributed by atoms with E-state index in [9.17, 15) is 9.59 Å². The van der Waals surface area contributed by atoms with Crippen LogP contribution in [0, 0.1) is 0 Å². The Hall–Kier alpha value is -1.44. The molecule has 0 saturated carbocycles. The maximum atomic E-state index is 11.3. The van der Waals surface area contributed by atoms with Crippen molar-refractivity contribution >= 4 is 12.1 Å². The first kappa shape index (κ1) is 18.6. The van der Waals surface area contributed by atoms with Crippen LogP contribution in [0.1, 0.15) is 64.7 Å². The van der Waals surface area contributed by atoms with Crippen molar-refractivity contribution in [2.24, 2.45) is 0 Å². The summed E-state index contributed by atoms with van der Waals surface area (Å²) in [5.74, 6) is 0.207. The largest absolute Gasteiger partial charge is 0.303 e. The fraction of sp³-hybridized carbons (Fsp3) is 0.556. The summed E-state index contributed by atoms with van der Waals surface area (Å²) in [7, 11) is 0. The summed E-state index contributed by atoms with van der Waals surface area (Å²) < 4.78 is 0. The number of aldehydes is 1. The van der Waals surface area contributed by atoms with Crippen molar-refractivity contribution in [2.45, 2.75) is 64.7 Å². The third-order valence-electron chi connectivity index (χ3n) is 2.95. The highest BCUT2D eigenvalue weighted by Crippen LogP contribution is 2.04. The second kappa shape index (κ2) is 15.6. The van der Waals surface area contributed by atoms with Crippen LogP contribution in [0.25, 0.3) is 0 Å². The molecule has 0 N–H and O–H groups in total. The van der Waals surface area contributed by atoms with Crippen molar-refractivity contribution in [3.05, 3.63) is 36.5 Å². The lowest BCUT2D eigenvalue weighted by molar-refractivity contribution is -0.120. The molecule has 0 bridgehead atoms. The average Bonchev–Trinajstić information content (AvgIpc) is 2.46. The quantitative estimate of drug-likeness (QED) is 0.271. The standard InChI is InChI=1S/C18H28O2/c1-2-3-4-5-6-7-8-9-10-11-12-13-15-18(20)16-14-17-19/h5-10,17H,2-4,11-16H2,1H3. The van der Waals surface area contributed by atoms with Crippen molar-refractivity contribution < 1.29 is 9.59 Å². The van der Waals surface area contributed by atoms with Crippen molar-refractivity contribution in [3.8, 4) is 0 Å². The van der Waals surface area contributed by atoms with Crippen LogP contribution in [0.3, 0.4) is 0 Å². The molecule has 0 atom stereocenters. The first-order chi connectivity index (χ1) is 9.81. The Morgan fingerprint density at radius 1 is 0.800 bits per heavy atom. The highest BCUT2D eigenvalue weighted by Gasteiger charge is 1.99. The van der Waals surface area contributed by atoms with Gasteiger partial charge in [-0.2, -0.15) is 0 Å². The van der Waals surface area contributed by atoms with E-state index in [-0.39, 0.29) is 5.78 Å². The third-order valence-corrected chi connectivity index (χ3v) is 2.95. The highest BCUT2D eigenvalue weighted by molar-refractivity contribution is 5.80. The molecule has 0 heterocycles. The Morgan fingerprint density at radius 2 is 1.45 bits per heavy atom. The van der Waals surface area contributed by atoms with Gasteiger partial charge in [0.25, 0.3) is 0 Å². The van der Waals surface area contributed by atoms with Crippen LogP contribution in [-0.4, -0.2) is 12.1 Å². The van der Waals surface area contributed by atoms with Crippen LogP contribution in [0.5, 0.6) is 0 Å². The number of hydrogen-bond acceptors (Lipinski definition) is 2. The predicted octanol–water partition coefficient (Wildman–Crippen LogP) is 4.95. The molecule has 0 unspecified atom stereocenters. The lowest BCUT2D eigenvalue weighted by Gasteiger charge is -1.96. The summed E-state index contributed by atoms with van der Waals surface area (Å²) in [6, 6.07) is 0. The van der Waals surface area contributed by atoms with E-state index in [2.05, 4.69) is 37.3 Å². The Bertz CT molecular complexity index is 324. The van der Waals surface area contributed by atoms with Gasteiger partial charge in [0, 0.05) is 19.3 Å². The van der Waals surface area contributed by atoms with E-state index in [1.165, 1.54) is 12.8 Å². The minimum absolute atomic E-state index is 0.207. The second-order valence-corrected chi connectivity index (χ2v) is 4.87. The summed E-state index contributed by atoms with van der Waals surface area (Å²) >= 11 is 0. The molecule has 0 saturated heterocycles. The van der Waals surface area contributed by atoms with Crippen LogP contribution < -0.4 is 0 Å². The van der Waals surface area contributed by atoms with Gasteiger partial charge in [0.1, 0.15) is 12.1 Å². The zero-order valence-corrected chi connectivity index (χ0v) is 12.7. The third kappa shape index (κ3) is 14.6. The zero-order chi connectivity index (χ0) is 14.9. The predicted molar refractivity (Wildman–Crippen MR) is 85.7 cm³/mol. The SMILES string of the molecule is CCCCC=CC=CC=CCCCCC(=O)CCC=O. The molecule has 0 aromatic heterocycles. The Kier molecular flexibility index (Phi) is 14.5. The molecule has 0 aromatic carbocycles. The minimum Gasteiger partial charge on any atom is -0.303 e. The van der Waals surface area contributed by atoms with E-state index in [4.69, 9.17) is 0 Å². The van der Waals surface area contributed by atoms with Crippen molar-refractivity contribution in [2.75, 3.05) is 0 Å². The molecular weight excluding hydrogens is 248 g/mol. The van der Waals surface area contributed by atoms with Crippen molar-refractivity contribution in [1.82, 2.24) is 0 Å². The molecule has 0 spiro atoms.